The largest absolute Gasteiger partial charge is 0.427 e. The minimum atomic E-state index is 0. The first-order valence-corrected chi connectivity index (χ1v) is 4.05. The molecule has 4 heteroatoms. The molecule has 69 valence electrons. The number of pyridine rings is 1. The van der Waals surface area contributed by atoms with Crippen LogP contribution in [0.3, 0.4) is 0 Å². The average Bonchev–Trinajstić information content (AvgIpc) is 2.12. The third-order valence-electron chi connectivity index (χ3n) is 2.06. The van der Waals surface area contributed by atoms with Crippen LogP contribution in [-0.2, 0) is 32.7 Å². The summed E-state index contributed by atoms with van der Waals surface area (Å²) >= 11 is 0. The fraction of sp³-hybridized carbons (Fsp3) is 0.200. The quantitative estimate of drug-likeness (QED) is 0.614. The minimum Gasteiger partial charge on any atom is -0.427 e. The van der Waals surface area contributed by atoms with Crippen LogP contribution in [0.5, 0.6) is 0 Å². The van der Waals surface area contributed by atoms with Gasteiger partial charge in [-0.2, -0.15) is 0 Å². The van der Waals surface area contributed by atoms with E-state index in [-0.39, 0.29) is 32.7 Å². The molecule has 0 aromatic carbocycles. The van der Waals surface area contributed by atoms with Gasteiger partial charge in [0.05, 0.1) is 0 Å². The molecule has 0 saturated heterocycles. The number of aromatic nitrogens is 1. The van der Waals surface area contributed by atoms with Crippen LogP contribution in [-0.4, -0.2) is 18.4 Å². The monoisotopic (exact) mass is 261 g/mol. The molecule has 0 amide bonds. The summed E-state index contributed by atoms with van der Waals surface area (Å²) in [5, 5.41) is 1.98. The average molecular weight is 261 g/mol. The van der Waals surface area contributed by atoms with E-state index < -0.39 is 0 Å². The van der Waals surface area contributed by atoms with Gasteiger partial charge in [0.25, 0.3) is 0 Å². The smallest absolute Gasteiger partial charge is 0.0310 e. The summed E-state index contributed by atoms with van der Waals surface area (Å²) in [4.78, 5) is 10.2. The normalized spacial score (nSPS) is 13.6. The van der Waals surface area contributed by atoms with Gasteiger partial charge in [-0.3, -0.25) is 0 Å². The Bertz CT molecular complexity index is 479. The fourth-order valence-corrected chi connectivity index (χ4v) is 1.39. The molecule has 3 nitrogen and oxygen atoms in total. The second-order valence-corrected chi connectivity index (χ2v) is 3.02. The Kier molecular flexibility index (Phi) is 3.56. The molecular weight excluding hydrogens is 251 g/mol. The third-order valence-corrected chi connectivity index (χ3v) is 2.06. The van der Waals surface area contributed by atoms with E-state index in [2.05, 4.69) is 22.9 Å². The maximum Gasteiger partial charge on any atom is 0.0310 e. The summed E-state index contributed by atoms with van der Waals surface area (Å²) < 4.78 is 0. The molecule has 0 aliphatic carbocycles. The van der Waals surface area contributed by atoms with Gasteiger partial charge in [-0.15, -0.1) is 0 Å². The van der Waals surface area contributed by atoms with Gasteiger partial charge < -0.3 is 14.9 Å². The molecule has 0 bridgehead atoms. The van der Waals surface area contributed by atoms with Crippen molar-refractivity contribution in [1.82, 2.24) is 4.98 Å². The van der Waals surface area contributed by atoms with Crippen molar-refractivity contribution in [2.24, 2.45) is 4.99 Å². The van der Waals surface area contributed by atoms with E-state index >= 15 is 0 Å². The zero-order chi connectivity index (χ0) is 9.42. The van der Waals surface area contributed by atoms with E-state index in [0.29, 0.717) is 0 Å². The first kappa shape index (κ1) is 11.5. The molecular formula is C10H10N3Y-. The summed E-state index contributed by atoms with van der Waals surface area (Å²) in [5.74, 6) is 0.875. The van der Waals surface area contributed by atoms with Gasteiger partial charge in [-0.25, -0.2) is 0 Å². The molecule has 1 aromatic heterocycles. The van der Waals surface area contributed by atoms with Crippen molar-refractivity contribution in [1.29, 1.82) is 0 Å². The molecule has 2 heterocycles. The van der Waals surface area contributed by atoms with Crippen molar-refractivity contribution in [2.45, 2.75) is 6.92 Å². The molecule has 1 aromatic rings. The Labute approximate surface area is 108 Å². The van der Waals surface area contributed by atoms with Crippen LogP contribution >= 0.6 is 0 Å². The summed E-state index contributed by atoms with van der Waals surface area (Å²) in [6.45, 7) is 5.88. The van der Waals surface area contributed by atoms with Crippen molar-refractivity contribution >= 4 is 24.4 Å². The molecule has 0 unspecified atom stereocenters. The van der Waals surface area contributed by atoms with Crippen LogP contribution in [0.15, 0.2) is 17.3 Å². The van der Waals surface area contributed by atoms with Crippen molar-refractivity contribution in [3.8, 4) is 0 Å². The summed E-state index contributed by atoms with van der Waals surface area (Å²) in [7, 11) is 1.88. The molecule has 2 rings (SSSR count). The van der Waals surface area contributed by atoms with Gasteiger partial charge in [0.2, 0.25) is 0 Å². The van der Waals surface area contributed by atoms with Gasteiger partial charge in [0.1, 0.15) is 0 Å². The van der Waals surface area contributed by atoms with Gasteiger partial charge in [0, 0.05) is 51.1 Å². The van der Waals surface area contributed by atoms with Crippen molar-refractivity contribution < 1.29 is 32.7 Å². The van der Waals surface area contributed by atoms with Crippen molar-refractivity contribution in [3.63, 3.8) is 0 Å². The molecule has 14 heavy (non-hydrogen) atoms. The predicted molar refractivity (Wildman–Crippen MR) is 53.9 cm³/mol. The zero-order valence-corrected chi connectivity index (χ0v) is 11.1. The maximum atomic E-state index is 4.25. The Balaban J connectivity index is 0.000000980. The molecule has 0 spiro atoms. The number of nitrogens with zero attached hydrogens (tertiary/aromatic N) is 3. The van der Waals surface area contributed by atoms with Gasteiger partial charge in [-0.1, -0.05) is 24.4 Å². The van der Waals surface area contributed by atoms with E-state index in [1.54, 1.807) is 11.1 Å². The van der Waals surface area contributed by atoms with Crippen LogP contribution in [0.25, 0.3) is 12.3 Å². The summed E-state index contributed by atoms with van der Waals surface area (Å²) in [6, 6.07) is 1.89. The van der Waals surface area contributed by atoms with E-state index in [4.69, 9.17) is 0 Å². The Morgan fingerprint density at radius 3 is 2.86 bits per heavy atom. The standard InChI is InChI=1S/C10H10N3.Y/c1-7-4-5-11-10-9(7)8(2)12-6-13(10)3;/h4-5H,1H2,2-3H3;/q-1;. The summed E-state index contributed by atoms with van der Waals surface area (Å²) in [5.41, 5.74) is 0.922. The minimum absolute atomic E-state index is 0. The van der Waals surface area contributed by atoms with Gasteiger partial charge in [-0.05, 0) is 18.3 Å². The Hall–Kier alpha value is -0.536. The van der Waals surface area contributed by atoms with Crippen LogP contribution in [0.1, 0.15) is 6.92 Å². The number of aliphatic imine (C=N–C) groups is 1. The molecule has 0 fully saturated rings. The second-order valence-electron chi connectivity index (χ2n) is 3.02. The van der Waals surface area contributed by atoms with E-state index in [0.717, 1.165) is 22.0 Å². The van der Waals surface area contributed by atoms with Crippen LogP contribution < -0.4 is 15.3 Å². The van der Waals surface area contributed by atoms with Crippen molar-refractivity contribution in [3.05, 3.63) is 22.7 Å². The molecule has 1 aliphatic heterocycles. The Morgan fingerprint density at radius 2 is 2.21 bits per heavy atom. The second kappa shape index (κ2) is 4.32. The molecule has 0 N–H and O–H groups in total. The Morgan fingerprint density at radius 1 is 1.50 bits per heavy atom. The van der Waals surface area contributed by atoms with Crippen LogP contribution in [0, 0.1) is 0 Å². The molecule has 0 saturated carbocycles. The van der Waals surface area contributed by atoms with Crippen LogP contribution in [0.4, 0.5) is 5.82 Å². The predicted octanol–water partition coefficient (Wildman–Crippen LogP) is -0.0274. The van der Waals surface area contributed by atoms with Gasteiger partial charge >= 0.3 is 0 Å². The molecule has 1 aliphatic rings. The first-order valence-electron chi connectivity index (χ1n) is 4.05. The fourth-order valence-electron chi connectivity index (χ4n) is 1.39. The van der Waals surface area contributed by atoms with E-state index in [1.165, 1.54) is 0 Å². The summed E-state index contributed by atoms with van der Waals surface area (Å²) in [6.07, 6.45) is 4.59. The third kappa shape index (κ3) is 1.79. The maximum absolute atomic E-state index is 4.25. The van der Waals surface area contributed by atoms with Gasteiger partial charge in [0.15, 0.2) is 0 Å². The SMILES string of the molecule is C=c1ccnc2c1=C(C)N=[C-]N2C.[Y]. The molecule has 1 radical (unpaired) electrons. The number of hydrogen-bond acceptors (Lipinski definition) is 3. The number of rotatable bonds is 0. The van der Waals surface area contributed by atoms with E-state index in [1.807, 2.05) is 20.0 Å². The van der Waals surface area contributed by atoms with Crippen LogP contribution in [0.2, 0.25) is 0 Å². The number of anilines is 1. The zero-order valence-electron chi connectivity index (χ0n) is 8.28. The van der Waals surface area contributed by atoms with E-state index in [9.17, 15) is 0 Å². The van der Waals surface area contributed by atoms with Crippen molar-refractivity contribution in [2.75, 3.05) is 11.9 Å². The first-order chi connectivity index (χ1) is 6.20. The molecule has 0 atom stereocenters. The number of hydrogen-bond donors (Lipinski definition) is 0. The number of fused-ring (bicyclic) bond motifs is 1. The topological polar surface area (TPSA) is 28.5 Å².